The molecule has 0 saturated carbocycles. The molecule has 2 rings (SSSR count). The van der Waals surface area contributed by atoms with Gasteiger partial charge in [0.1, 0.15) is 11.4 Å². The zero-order valence-corrected chi connectivity index (χ0v) is 11.2. The third kappa shape index (κ3) is 2.68. The van der Waals surface area contributed by atoms with E-state index < -0.39 is 22.5 Å². The number of hydrogen-bond donors (Lipinski definition) is 3. The maximum absolute atomic E-state index is 12.1. The Hall–Kier alpha value is -2.09. The Morgan fingerprint density at radius 2 is 2.05 bits per heavy atom. The molecule has 0 amide bonds. The van der Waals surface area contributed by atoms with Crippen molar-refractivity contribution in [1.29, 1.82) is 0 Å². The van der Waals surface area contributed by atoms with E-state index in [4.69, 9.17) is 5.11 Å². The third-order valence-electron chi connectivity index (χ3n) is 2.54. The van der Waals surface area contributed by atoms with E-state index in [2.05, 4.69) is 15.0 Å². The van der Waals surface area contributed by atoms with Gasteiger partial charge in [0, 0.05) is 0 Å². The van der Waals surface area contributed by atoms with Crippen LogP contribution in [-0.4, -0.2) is 32.0 Å². The average molecular weight is 283 g/mol. The zero-order valence-electron chi connectivity index (χ0n) is 10.4. The maximum Gasteiger partial charge on any atom is 0.325 e. The zero-order chi connectivity index (χ0) is 14.2. The van der Waals surface area contributed by atoms with Gasteiger partial charge in [0.2, 0.25) is 5.96 Å². The van der Waals surface area contributed by atoms with Crippen molar-refractivity contribution >= 4 is 27.6 Å². The quantitative estimate of drug-likeness (QED) is 0.730. The van der Waals surface area contributed by atoms with Gasteiger partial charge in [-0.2, -0.15) is 0 Å². The van der Waals surface area contributed by atoms with Gasteiger partial charge in [0.15, 0.2) is 0 Å². The number of aryl methyl sites for hydroxylation is 2. The second-order valence-corrected chi connectivity index (χ2v) is 5.87. The van der Waals surface area contributed by atoms with Gasteiger partial charge >= 0.3 is 5.97 Å². The minimum atomic E-state index is -3.72. The highest BCUT2D eigenvalue weighted by atomic mass is 32.2. The summed E-state index contributed by atoms with van der Waals surface area (Å²) in [5, 5.41) is 11.3. The molecule has 1 aliphatic rings. The fourth-order valence-corrected chi connectivity index (χ4v) is 3.31. The van der Waals surface area contributed by atoms with Crippen molar-refractivity contribution < 1.29 is 18.3 Å². The summed E-state index contributed by atoms with van der Waals surface area (Å²) in [7, 11) is -3.72. The predicted octanol–water partition coefficient (Wildman–Crippen LogP) is 0.448. The van der Waals surface area contributed by atoms with Crippen LogP contribution in [0.25, 0.3) is 0 Å². The molecule has 0 unspecified atom stereocenters. The van der Waals surface area contributed by atoms with Crippen molar-refractivity contribution in [3.63, 3.8) is 0 Å². The molecule has 0 atom stereocenters. The Labute approximate surface area is 110 Å². The molecule has 1 aromatic rings. The Morgan fingerprint density at radius 1 is 1.37 bits per heavy atom. The van der Waals surface area contributed by atoms with Crippen LogP contribution in [0.4, 0.5) is 5.69 Å². The van der Waals surface area contributed by atoms with Crippen LogP contribution in [0.5, 0.6) is 0 Å². The number of anilines is 1. The maximum atomic E-state index is 12.1. The molecule has 1 aromatic carbocycles. The largest absolute Gasteiger partial charge is 0.480 e. The lowest BCUT2D eigenvalue weighted by Crippen LogP contribution is -2.41. The molecule has 1 aliphatic heterocycles. The fraction of sp³-hybridized carbons (Fsp3) is 0.273. The van der Waals surface area contributed by atoms with E-state index in [1.54, 1.807) is 19.1 Å². The van der Waals surface area contributed by atoms with Gasteiger partial charge in [-0.05, 0) is 31.0 Å². The van der Waals surface area contributed by atoms with Crippen molar-refractivity contribution in [2.24, 2.45) is 4.99 Å². The molecule has 0 spiro atoms. The van der Waals surface area contributed by atoms with Crippen molar-refractivity contribution in [1.82, 2.24) is 4.72 Å². The lowest BCUT2D eigenvalue weighted by atomic mass is 10.1. The van der Waals surface area contributed by atoms with E-state index in [1.165, 1.54) is 0 Å². The van der Waals surface area contributed by atoms with Crippen LogP contribution < -0.4 is 10.0 Å². The van der Waals surface area contributed by atoms with Crippen LogP contribution in [0.15, 0.2) is 22.0 Å². The van der Waals surface area contributed by atoms with E-state index in [9.17, 15) is 13.2 Å². The molecule has 0 bridgehead atoms. The molecule has 1 heterocycles. The summed E-state index contributed by atoms with van der Waals surface area (Å²) in [5.74, 6) is -1.22. The van der Waals surface area contributed by atoms with E-state index in [0.29, 0.717) is 11.3 Å². The highest BCUT2D eigenvalue weighted by Crippen LogP contribution is 2.29. The topological polar surface area (TPSA) is 108 Å². The number of aliphatic imine (C=N–C) groups is 1. The van der Waals surface area contributed by atoms with Gasteiger partial charge in [-0.25, -0.2) is 18.1 Å². The Bertz CT molecular complexity index is 679. The SMILES string of the molecule is Cc1cc(C)c2c(c1)NC(=NCC(=O)O)NS2(=O)=O. The number of sulfonamides is 1. The number of carbonyl (C=O) groups is 1. The molecule has 0 fully saturated rings. The summed E-state index contributed by atoms with van der Waals surface area (Å²) in [6, 6.07) is 3.44. The molecular formula is C11H13N3O4S. The summed E-state index contributed by atoms with van der Waals surface area (Å²) >= 11 is 0. The van der Waals surface area contributed by atoms with Crippen molar-refractivity contribution in [2.75, 3.05) is 11.9 Å². The minimum absolute atomic E-state index is 0.0834. The molecule has 8 heteroatoms. The number of guanidine groups is 1. The first-order valence-electron chi connectivity index (χ1n) is 5.47. The lowest BCUT2D eigenvalue weighted by Gasteiger charge is -2.23. The predicted molar refractivity (Wildman–Crippen MR) is 69.8 cm³/mol. The van der Waals surface area contributed by atoms with Gasteiger partial charge in [0.25, 0.3) is 10.0 Å². The average Bonchev–Trinajstić information content (AvgIpc) is 2.23. The third-order valence-corrected chi connectivity index (χ3v) is 4.09. The van der Waals surface area contributed by atoms with E-state index in [1.807, 2.05) is 6.92 Å². The number of nitrogens with one attached hydrogen (secondary N) is 2. The van der Waals surface area contributed by atoms with E-state index >= 15 is 0 Å². The van der Waals surface area contributed by atoms with Gasteiger partial charge < -0.3 is 10.4 Å². The number of nitrogens with zero attached hydrogens (tertiary/aromatic N) is 1. The first kappa shape index (κ1) is 13.3. The Morgan fingerprint density at radius 3 is 2.68 bits per heavy atom. The summed E-state index contributed by atoms with van der Waals surface area (Å²) in [4.78, 5) is 14.3. The number of carboxylic acid groups (broad SMARTS) is 1. The van der Waals surface area contributed by atoms with Crippen LogP contribution in [0.3, 0.4) is 0 Å². The fourth-order valence-electron chi connectivity index (χ4n) is 1.95. The number of benzene rings is 1. The molecule has 3 N–H and O–H groups in total. The van der Waals surface area contributed by atoms with E-state index in [0.717, 1.165) is 5.56 Å². The Balaban J connectivity index is 2.50. The molecule has 0 aliphatic carbocycles. The van der Waals surface area contributed by atoms with Crippen LogP contribution in [-0.2, 0) is 14.8 Å². The number of fused-ring (bicyclic) bond motifs is 1. The molecule has 102 valence electrons. The van der Waals surface area contributed by atoms with Gasteiger partial charge in [0.05, 0.1) is 5.69 Å². The second kappa shape index (κ2) is 4.54. The molecule has 0 radical (unpaired) electrons. The standard InChI is InChI=1S/C11H13N3O4S/c1-6-3-7(2)10-8(4-6)13-11(12-5-9(15)16)14-19(10,17)18/h3-4H,5H2,1-2H3,(H,15,16)(H2,12,13,14). The highest BCUT2D eigenvalue weighted by molar-refractivity contribution is 7.90. The van der Waals surface area contributed by atoms with Crippen LogP contribution in [0, 0.1) is 13.8 Å². The number of carboxylic acids is 1. The summed E-state index contributed by atoms with van der Waals surface area (Å²) in [6.07, 6.45) is 0. The minimum Gasteiger partial charge on any atom is -0.480 e. The monoisotopic (exact) mass is 283 g/mol. The summed E-state index contributed by atoms with van der Waals surface area (Å²) in [5.41, 5.74) is 1.92. The van der Waals surface area contributed by atoms with Crippen LogP contribution >= 0.6 is 0 Å². The molecule has 0 aromatic heterocycles. The summed E-state index contributed by atoms with van der Waals surface area (Å²) < 4.78 is 26.4. The number of aliphatic carboxylic acids is 1. The molecule has 0 saturated heterocycles. The second-order valence-electron chi connectivity index (χ2n) is 4.25. The highest BCUT2D eigenvalue weighted by Gasteiger charge is 2.28. The number of rotatable bonds is 2. The Kier molecular flexibility index (Phi) is 3.19. The van der Waals surface area contributed by atoms with Gasteiger partial charge in [-0.15, -0.1) is 0 Å². The van der Waals surface area contributed by atoms with Crippen LogP contribution in [0.2, 0.25) is 0 Å². The van der Waals surface area contributed by atoms with Crippen LogP contribution in [0.1, 0.15) is 11.1 Å². The van der Waals surface area contributed by atoms with Crippen molar-refractivity contribution in [3.05, 3.63) is 23.3 Å². The van der Waals surface area contributed by atoms with Crippen molar-refractivity contribution in [3.8, 4) is 0 Å². The lowest BCUT2D eigenvalue weighted by molar-refractivity contribution is -0.135. The first-order chi connectivity index (χ1) is 8.79. The molecule has 7 nitrogen and oxygen atoms in total. The van der Waals surface area contributed by atoms with E-state index in [-0.39, 0.29) is 10.9 Å². The normalized spacial score (nSPS) is 18.3. The number of hydrogen-bond acceptors (Lipinski definition) is 4. The molecule has 19 heavy (non-hydrogen) atoms. The first-order valence-corrected chi connectivity index (χ1v) is 6.95. The smallest absolute Gasteiger partial charge is 0.325 e. The summed E-state index contributed by atoms with van der Waals surface area (Å²) in [6.45, 7) is 3.04. The molecular weight excluding hydrogens is 270 g/mol. The van der Waals surface area contributed by atoms with Gasteiger partial charge in [-0.1, -0.05) is 6.07 Å². The van der Waals surface area contributed by atoms with Crippen molar-refractivity contribution in [2.45, 2.75) is 18.7 Å². The van der Waals surface area contributed by atoms with Gasteiger partial charge in [-0.3, -0.25) is 4.79 Å².